The molecule has 2 aliphatic heterocycles. The summed E-state index contributed by atoms with van der Waals surface area (Å²) in [5.74, 6) is 1.47. The van der Waals surface area contributed by atoms with Gasteiger partial charge >= 0.3 is 0 Å². The Hall–Kier alpha value is -2.90. The van der Waals surface area contributed by atoms with Gasteiger partial charge in [0.25, 0.3) is 5.91 Å². The Balaban J connectivity index is 1.61. The van der Waals surface area contributed by atoms with Gasteiger partial charge in [-0.05, 0) is 30.3 Å². The number of carbonyl (C=O) groups excluding carboxylic acids is 1. The number of methoxy groups -OCH3 is 2. The molecule has 0 N–H and O–H groups in total. The molecule has 0 saturated carbocycles. The first-order chi connectivity index (χ1) is 15.6. The number of hydrazone groups is 1. The van der Waals surface area contributed by atoms with E-state index in [-0.39, 0.29) is 11.9 Å². The number of likely N-dealkylation sites (N-methyl/N-ethyl adjacent to an activating group) is 1. The molecule has 2 aromatic rings. The highest BCUT2D eigenvalue weighted by atomic mass is 16.5. The number of nitrogens with zero attached hydrogens (tertiary/aromatic N) is 4. The fraction of sp³-hybridized carbons (Fsp3) is 0.440. The van der Waals surface area contributed by atoms with Crippen LogP contribution in [0.25, 0.3) is 0 Å². The Morgan fingerprint density at radius 3 is 2.38 bits per heavy atom. The van der Waals surface area contributed by atoms with Gasteiger partial charge in [0.15, 0.2) is 0 Å². The van der Waals surface area contributed by atoms with Crippen molar-refractivity contribution in [2.75, 3.05) is 53.5 Å². The van der Waals surface area contributed by atoms with Gasteiger partial charge in [-0.3, -0.25) is 9.69 Å². The first kappa shape index (κ1) is 22.3. The summed E-state index contributed by atoms with van der Waals surface area (Å²) in [6.07, 6.45) is 0.628. The zero-order chi connectivity index (χ0) is 22.5. The minimum Gasteiger partial charge on any atom is -0.497 e. The number of hydrogen-bond acceptors (Lipinski definition) is 6. The summed E-state index contributed by atoms with van der Waals surface area (Å²) < 4.78 is 11.1. The maximum Gasteiger partial charge on any atom is 0.257 e. The number of amides is 1. The molecular weight excluding hydrogens is 404 g/mol. The predicted molar refractivity (Wildman–Crippen MR) is 125 cm³/mol. The lowest BCUT2D eigenvalue weighted by Crippen LogP contribution is -2.49. The SMILES string of the molecule is CCN1CCN(CC(=O)N2N=C(c3ccccc3)CC2c2cc(OC)ccc2OC)CC1. The van der Waals surface area contributed by atoms with Crippen molar-refractivity contribution in [3.05, 3.63) is 59.7 Å². The molecule has 1 atom stereocenters. The predicted octanol–water partition coefficient (Wildman–Crippen LogP) is 3.02. The monoisotopic (exact) mass is 436 g/mol. The molecule has 0 radical (unpaired) electrons. The first-order valence-electron chi connectivity index (χ1n) is 11.2. The molecule has 1 unspecified atom stereocenters. The van der Waals surface area contributed by atoms with Crippen LogP contribution in [0.15, 0.2) is 53.6 Å². The molecule has 2 aliphatic rings. The van der Waals surface area contributed by atoms with Crippen LogP contribution < -0.4 is 9.47 Å². The molecule has 1 fully saturated rings. The Morgan fingerprint density at radius 2 is 1.72 bits per heavy atom. The first-order valence-corrected chi connectivity index (χ1v) is 11.2. The number of benzene rings is 2. The highest BCUT2D eigenvalue weighted by Gasteiger charge is 2.36. The Kier molecular flexibility index (Phi) is 7.07. The van der Waals surface area contributed by atoms with Gasteiger partial charge in [0.05, 0.1) is 32.5 Å². The van der Waals surface area contributed by atoms with E-state index in [0.29, 0.717) is 13.0 Å². The second kappa shape index (κ2) is 10.1. The summed E-state index contributed by atoms with van der Waals surface area (Å²) >= 11 is 0. The van der Waals surface area contributed by atoms with Gasteiger partial charge in [-0.2, -0.15) is 5.10 Å². The molecule has 7 heteroatoms. The van der Waals surface area contributed by atoms with Crippen LogP contribution in [0, 0.1) is 0 Å². The van der Waals surface area contributed by atoms with Gasteiger partial charge in [0.1, 0.15) is 11.5 Å². The summed E-state index contributed by atoms with van der Waals surface area (Å²) in [6, 6.07) is 15.5. The van der Waals surface area contributed by atoms with E-state index in [1.165, 1.54) is 0 Å². The minimum absolute atomic E-state index is 0.00996. The van der Waals surface area contributed by atoms with Crippen LogP contribution in [-0.2, 0) is 4.79 Å². The fourth-order valence-corrected chi connectivity index (χ4v) is 4.41. The van der Waals surface area contributed by atoms with Crippen molar-refractivity contribution >= 4 is 11.6 Å². The molecule has 0 aliphatic carbocycles. The zero-order valence-corrected chi connectivity index (χ0v) is 19.2. The topological polar surface area (TPSA) is 57.6 Å². The van der Waals surface area contributed by atoms with Gasteiger partial charge in [0.2, 0.25) is 0 Å². The molecule has 170 valence electrons. The maximum absolute atomic E-state index is 13.5. The van der Waals surface area contributed by atoms with Crippen molar-refractivity contribution in [3.8, 4) is 11.5 Å². The van der Waals surface area contributed by atoms with Crippen LogP contribution in [0.1, 0.15) is 30.5 Å². The third kappa shape index (κ3) is 4.79. The minimum atomic E-state index is -0.236. The van der Waals surface area contributed by atoms with Crippen molar-refractivity contribution in [1.29, 1.82) is 0 Å². The molecule has 4 rings (SSSR count). The van der Waals surface area contributed by atoms with E-state index in [2.05, 4.69) is 16.7 Å². The number of piperazine rings is 1. The van der Waals surface area contributed by atoms with E-state index >= 15 is 0 Å². The number of hydrogen-bond donors (Lipinski definition) is 0. The molecule has 0 bridgehead atoms. The smallest absolute Gasteiger partial charge is 0.257 e. The lowest BCUT2D eigenvalue weighted by Gasteiger charge is -2.34. The molecule has 0 aromatic heterocycles. The van der Waals surface area contributed by atoms with E-state index in [0.717, 1.165) is 61.1 Å². The summed E-state index contributed by atoms with van der Waals surface area (Å²) in [5, 5.41) is 6.47. The second-order valence-electron chi connectivity index (χ2n) is 8.19. The molecule has 32 heavy (non-hydrogen) atoms. The largest absolute Gasteiger partial charge is 0.497 e. The average Bonchev–Trinajstić information content (AvgIpc) is 3.30. The van der Waals surface area contributed by atoms with E-state index in [4.69, 9.17) is 14.6 Å². The van der Waals surface area contributed by atoms with Crippen LogP contribution in [0.5, 0.6) is 11.5 Å². The van der Waals surface area contributed by atoms with Crippen molar-refractivity contribution in [3.63, 3.8) is 0 Å². The lowest BCUT2D eigenvalue weighted by atomic mass is 9.97. The van der Waals surface area contributed by atoms with Crippen molar-refractivity contribution in [1.82, 2.24) is 14.8 Å². The average molecular weight is 437 g/mol. The molecule has 1 amide bonds. The summed E-state index contributed by atoms with van der Waals surface area (Å²) in [6.45, 7) is 7.38. The van der Waals surface area contributed by atoms with Gasteiger partial charge in [-0.1, -0.05) is 37.3 Å². The fourth-order valence-electron chi connectivity index (χ4n) is 4.41. The van der Waals surface area contributed by atoms with Crippen LogP contribution in [0.2, 0.25) is 0 Å². The van der Waals surface area contributed by atoms with Crippen LogP contribution >= 0.6 is 0 Å². The Morgan fingerprint density at radius 1 is 1.00 bits per heavy atom. The standard InChI is InChI=1S/C25H32N4O3/c1-4-27-12-14-28(15-13-27)18-25(30)29-23(17-22(26-29)19-8-6-5-7-9-19)21-16-20(31-2)10-11-24(21)32-3/h5-11,16,23H,4,12-15,17-18H2,1-3H3. The summed E-state index contributed by atoms with van der Waals surface area (Å²) in [7, 11) is 3.30. The third-order valence-electron chi connectivity index (χ3n) is 6.34. The highest BCUT2D eigenvalue weighted by Crippen LogP contribution is 2.39. The Bertz CT molecular complexity index is 955. The van der Waals surface area contributed by atoms with Crippen molar-refractivity contribution in [2.24, 2.45) is 5.10 Å². The van der Waals surface area contributed by atoms with Gasteiger partial charge < -0.3 is 14.4 Å². The molecule has 2 aromatic carbocycles. The van der Waals surface area contributed by atoms with E-state index < -0.39 is 0 Å². The molecule has 0 spiro atoms. The summed E-state index contributed by atoms with van der Waals surface area (Å²) in [4.78, 5) is 18.1. The van der Waals surface area contributed by atoms with E-state index in [9.17, 15) is 4.79 Å². The van der Waals surface area contributed by atoms with E-state index in [1.807, 2.05) is 48.5 Å². The van der Waals surface area contributed by atoms with Gasteiger partial charge in [0, 0.05) is 38.2 Å². The van der Waals surface area contributed by atoms with Gasteiger partial charge in [-0.15, -0.1) is 0 Å². The Labute approximate surface area is 190 Å². The quantitative estimate of drug-likeness (QED) is 0.668. The second-order valence-corrected chi connectivity index (χ2v) is 8.19. The normalized spacial score (nSPS) is 19.7. The van der Waals surface area contributed by atoms with Gasteiger partial charge in [-0.25, -0.2) is 5.01 Å². The van der Waals surface area contributed by atoms with Crippen LogP contribution in [0.3, 0.4) is 0 Å². The van der Waals surface area contributed by atoms with E-state index in [1.54, 1.807) is 19.2 Å². The highest BCUT2D eigenvalue weighted by molar-refractivity contribution is 6.03. The van der Waals surface area contributed by atoms with Crippen LogP contribution in [0.4, 0.5) is 0 Å². The van der Waals surface area contributed by atoms with Crippen molar-refractivity contribution < 1.29 is 14.3 Å². The molecular formula is C25H32N4O3. The molecule has 2 heterocycles. The molecule has 7 nitrogen and oxygen atoms in total. The van der Waals surface area contributed by atoms with Crippen LogP contribution in [-0.4, -0.2) is 79.9 Å². The zero-order valence-electron chi connectivity index (χ0n) is 19.2. The number of carbonyl (C=O) groups is 1. The number of ether oxygens (including phenoxy) is 2. The lowest BCUT2D eigenvalue weighted by molar-refractivity contribution is -0.134. The summed E-state index contributed by atoms with van der Waals surface area (Å²) in [5.41, 5.74) is 2.85. The van der Waals surface area contributed by atoms with Crippen molar-refractivity contribution in [2.45, 2.75) is 19.4 Å². The maximum atomic E-state index is 13.5. The number of rotatable bonds is 7. The third-order valence-corrected chi connectivity index (χ3v) is 6.34. The molecule has 1 saturated heterocycles.